The molecule has 0 unspecified atom stereocenters. The van der Waals surface area contributed by atoms with Crippen molar-refractivity contribution < 1.29 is 27.8 Å². The smallest absolute Gasteiger partial charge is 0.416 e. The lowest BCUT2D eigenvalue weighted by Gasteiger charge is -2.12. The van der Waals surface area contributed by atoms with E-state index in [9.17, 15) is 18.0 Å². The number of carboxylic acid groups (broad SMARTS) is 1. The average molecular weight is 415 g/mol. The number of rotatable bonds is 7. The van der Waals surface area contributed by atoms with Crippen LogP contribution in [-0.2, 0) is 17.6 Å². The van der Waals surface area contributed by atoms with Crippen LogP contribution < -0.4 is 10.1 Å². The number of ether oxygens (including phenoxy) is 1. The van der Waals surface area contributed by atoms with Crippen molar-refractivity contribution >= 4 is 11.7 Å². The fraction of sp³-hybridized carbons (Fsp3) is 0.174. The Balaban J connectivity index is 1.67. The van der Waals surface area contributed by atoms with Crippen LogP contribution in [0.1, 0.15) is 16.7 Å². The van der Waals surface area contributed by atoms with Crippen LogP contribution in [0, 0.1) is 6.92 Å². The molecule has 0 amide bonds. The summed E-state index contributed by atoms with van der Waals surface area (Å²) >= 11 is 0. The molecule has 2 N–H and O–H groups in total. The van der Waals surface area contributed by atoms with Crippen molar-refractivity contribution in [1.82, 2.24) is 0 Å². The molecule has 0 radical (unpaired) electrons. The van der Waals surface area contributed by atoms with Gasteiger partial charge in [0.2, 0.25) is 0 Å². The Labute approximate surface area is 171 Å². The van der Waals surface area contributed by atoms with Crippen LogP contribution in [0.15, 0.2) is 66.7 Å². The number of aliphatic carboxylic acids is 1. The lowest BCUT2D eigenvalue weighted by Crippen LogP contribution is -2.12. The average Bonchev–Trinajstić information content (AvgIpc) is 2.71. The van der Waals surface area contributed by atoms with E-state index in [-0.39, 0.29) is 13.2 Å². The standard InChI is InChI=1S/C23H20F3NO3/c1-15-11-20(9-10-21(15)27-13-22(28)29)30-14-16-3-2-4-18(12-16)17-5-7-19(8-6-17)23(24,25)26/h2-12,27H,13-14H2,1H3,(H,28,29). The Morgan fingerprint density at radius 2 is 1.73 bits per heavy atom. The summed E-state index contributed by atoms with van der Waals surface area (Å²) in [6.07, 6.45) is -4.36. The Hall–Kier alpha value is -3.48. The van der Waals surface area contributed by atoms with Gasteiger partial charge in [0.15, 0.2) is 0 Å². The predicted octanol–water partition coefficient (Wildman–Crippen LogP) is 5.76. The first-order chi connectivity index (χ1) is 14.2. The van der Waals surface area contributed by atoms with Crippen molar-refractivity contribution in [3.63, 3.8) is 0 Å². The van der Waals surface area contributed by atoms with Crippen LogP contribution in [0.25, 0.3) is 11.1 Å². The number of carbonyl (C=O) groups is 1. The second kappa shape index (κ2) is 8.90. The first-order valence-corrected chi connectivity index (χ1v) is 9.18. The number of benzene rings is 3. The molecule has 156 valence electrons. The van der Waals surface area contributed by atoms with Gasteiger partial charge in [0.1, 0.15) is 18.9 Å². The zero-order valence-corrected chi connectivity index (χ0v) is 16.2. The second-order valence-corrected chi connectivity index (χ2v) is 6.79. The van der Waals surface area contributed by atoms with Crippen molar-refractivity contribution in [3.8, 4) is 16.9 Å². The molecule has 0 heterocycles. The highest BCUT2D eigenvalue weighted by Crippen LogP contribution is 2.31. The Morgan fingerprint density at radius 3 is 2.37 bits per heavy atom. The molecule has 0 aliphatic carbocycles. The van der Waals surface area contributed by atoms with Gasteiger partial charge in [-0.15, -0.1) is 0 Å². The van der Waals surface area contributed by atoms with Crippen molar-refractivity contribution in [2.75, 3.05) is 11.9 Å². The van der Waals surface area contributed by atoms with E-state index in [1.54, 1.807) is 12.1 Å². The highest BCUT2D eigenvalue weighted by atomic mass is 19.4. The predicted molar refractivity (Wildman–Crippen MR) is 109 cm³/mol. The third kappa shape index (κ3) is 5.53. The van der Waals surface area contributed by atoms with Gasteiger partial charge in [-0.1, -0.05) is 30.3 Å². The van der Waals surface area contributed by atoms with E-state index in [1.165, 1.54) is 12.1 Å². The summed E-state index contributed by atoms with van der Waals surface area (Å²) in [7, 11) is 0. The Kier molecular flexibility index (Phi) is 6.30. The van der Waals surface area contributed by atoms with Gasteiger partial charge in [-0.25, -0.2) is 0 Å². The first-order valence-electron chi connectivity index (χ1n) is 9.18. The van der Waals surface area contributed by atoms with E-state index in [0.29, 0.717) is 17.0 Å². The zero-order valence-electron chi connectivity index (χ0n) is 16.2. The molecule has 0 aliphatic rings. The molecule has 0 spiro atoms. The molecule has 0 aromatic heterocycles. The van der Waals surface area contributed by atoms with Gasteiger partial charge in [0.25, 0.3) is 0 Å². The highest BCUT2D eigenvalue weighted by Gasteiger charge is 2.29. The number of hydrogen-bond donors (Lipinski definition) is 2. The van der Waals surface area contributed by atoms with E-state index >= 15 is 0 Å². The maximum absolute atomic E-state index is 12.7. The maximum atomic E-state index is 12.7. The molecular weight excluding hydrogens is 395 g/mol. The van der Waals surface area contributed by atoms with Crippen LogP contribution in [0.4, 0.5) is 18.9 Å². The lowest BCUT2D eigenvalue weighted by molar-refractivity contribution is -0.137. The second-order valence-electron chi connectivity index (χ2n) is 6.79. The highest BCUT2D eigenvalue weighted by molar-refractivity contribution is 5.73. The normalized spacial score (nSPS) is 11.2. The van der Waals surface area contributed by atoms with Crippen LogP contribution in [-0.4, -0.2) is 17.6 Å². The molecule has 30 heavy (non-hydrogen) atoms. The Bertz CT molecular complexity index is 1030. The van der Waals surface area contributed by atoms with Gasteiger partial charge >= 0.3 is 12.1 Å². The summed E-state index contributed by atoms with van der Waals surface area (Å²) in [4.78, 5) is 10.7. The quantitative estimate of drug-likeness (QED) is 0.515. The fourth-order valence-corrected chi connectivity index (χ4v) is 2.95. The van der Waals surface area contributed by atoms with Gasteiger partial charge in [0, 0.05) is 5.69 Å². The molecule has 0 atom stereocenters. The monoisotopic (exact) mass is 415 g/mol. The number of carboxylic acids is 1. The molecular formula is C23H20F3NO3. The van der Waals surface area contributed by atoms with Crippen LogP contribution in [0.3, 0.4) is 0 Å². The lowest BCUT2D eigenvalue weighted by atomic mass is 10.0. The topological polar surface area (TPSA) is 58.6 Å². The molecule has 0 bridgehead atoms. The minimum atomic E-state index is -4.36. The first kappa shape index (κ1) is 21.2. The number of alkyl halides is 3. The van der Waals surface area contributed by atoms with E-state index < -0.39 is 17.7 Å². The van der Waals surface area contributed by atoms with Crippen molar-refractivity contribution in [1.29, 1.82) is 0 Å². The molecule has 0 aliphatic heterocycles. The fourth-order valence-electron chi connectivity index (χ4n) is 2.95. The third-order valence-corrected chi connectivity index (χ3v) is 4.51. The molecule has 3 aromatic carbocycles. The largest absolute Gasteiger partial charge is 0.489 e. The molecule has 0 saturated heterocycles. The number of hydrogen-bond acceptors (Lipinski definition) is 3. The molecule has 3 rings (SSSR count). The minimum Gasteiger partial charge on any atom is -0.489 e. The zero-order chi connectivity index (χ0) is 21.7. The van der Waals surface area contributed by atoms with Crippen LogP contribution in [0.2, 0.25) is 0 Å². The van der Waals surface area contributed by atoms with Crippen molar-refractivity contribution in [2.45, 2.75) is 19.7 Å². The van der Waals surface area contributed by atoms with Gasteiger partial charge < -0.3 is 15.2 Å². The summed E-state index contributed by atoms with van der Waals surface area (Å²) in [6, 6.07) is 17.8. The molecule has 3 aromatic rings. The van der Waals surface area contributed by atoms with Gasteiger partial charge in [0.05, 0.1) is 5.56 Å². The molecule has 7 heteroatoms. The minimum absolute atomic E-state index is 0.169. The summed E-state index contributed by atoms with van der Waals surface area (Å²) < 4.78 is 44.0. The summed E-state index contributed by atoms with van der Waals surface area (Å²) in [5.74, 6) is -0.309. The summed E-state index contributed by atoms with van der Waals surface area (Å²) in [5, 5.41) is 11.6. The van der Waals surface area contributed by atoms with Crippen LogP contribution in [0.5, 0.6) is 5.75 Å². The van der Waals surface area contributed by atoms with E-state index in [2.05, 4.69) is 5.32 Å². The maximum Gasteiger partial charge on any atom is 0.416 e. The molecule has 0 fully saturated rings. The summed E-state index contributed by atoms with van der Waals surface area (Å²) in [5.41, 5.74) is 3.26. The SMILES string of the molecule is Cc1cc(OCc2cccc(-c3ccc(C(F)(F)F)cc3)c2)ccc1NCC(=O)O. The number of aryl methyl sites for hydroxylation is 1. The van der Waals surface area contributed by atoms with E-state index in [1.807, 2.05) is 37.3 Å². The van der Waals surface area contributed by atoms with E-state index in [4.69, 9.17) is 9.84 Å². The Morgan fingerprint density at radius 1 is 1.00 bits per heavy atom. The molecule has 0 saturated carbocycles. The van der Waals surface area contributed by atoms with Gasteiger partial charge in [-0.3, -0.25) is 4.79 Å². The summed E-state index contributed by atoms with van der Waals surface area (Å²) in [6.45, 7) is 1.97. The van der Waals surface area contributed by atoms with Crippen molar-refractivity contribution in [3.05, 3.63) is 83.4 Å². The molecule has 4 nitrogen and oxygen atoms in total. The number of anilines is 1. The number of nitrogens with one attached hydrogen (secondary N) is 1. The third-order valence-electron chi connectivity index (χ3n) is 4.51. The van der Waals surface area contributed by atoms with Crippen molar-refractivity contribution in [2.24, 2.45) is 0 Å². The van der Waals surface area contributed by atoms with Gasteiger partial charge in [-0.2, -0.15) is 13.2 Å². The van der Waals surface area contributed by atoms with Gasteiger partial charge in [-0.05, 0) is 65.6 Å². The number of halogens is 3. The van der Waals surface area contributed by atoms with Crippen LogP contribution >= 0.6 is 0 Å². The van der Waals surface area contributed by atoms with E-state index in [0.717, 1.165) is 28.8 Å².